The number of pyridine rings is 1. The summed E-state index contributed by atoms with van der Waals surface area (Å²) in [6.07, 6.45) is 0. The molecular formula is C18H12N4OS. The Morgan fingerprint density at radius 3 is 2.54 bits per heavy atom. The van der Waals surface area contributed by atoms with Gasteiger partial charge in [0.2, 0.25) is 5.13 Å². The number of nitrogens with one attached hydrogen (secondary N) is 1. The average Bonchev–Trinajstić information content (AvgIpc) is 3.10. The van der Waals surface area contributed by atoms with Crippen LogP contribution in [0.3, 0.4) is 0 Å². The molecule has 6 heteroatoms. The third kappa shape index (κ3) is 2.87. The summed E-state index contributed by atoms with van der Waals surface area (Å²) in [6, 6.07) is 21.0. The Bertz CT molecular complexity index is 1010. The van der Waals surface area contributed by atoms with Crippen LogP contribution in [0.25, 0.3) is 21.5 Å². The zero-order valence-corrected chi connectivity index (χ0v) is 13.3. The highest BCUT2D eigenvalue weighted by molar-refractivity contribution is 7.18. The second kappa shape index (κ2) is 6.17. The number of anilines is 1. The average molecular weight is 332 g/mol. The highest BCUT2D eigenvalue weighted by atomic mass is 32.1. The minimum absolute atomic E-state index is 0.295. The van der Waals surface area contributed by atoms with Crippen LogP contribution in [0, 0.1) is 0 Å². The van der Waals surface area contributed by atoms with Gasteiger partial charge in [-0.25, -0.2) is 4.98 Å². The van der Waals surface area contributed by atoms with Gasteiger partial charge in [0.05, 0.1) is 5.52 Å². The summed E-state index contributed by atoms with van der Waals surface area (Å²) in [5.41, 5.74) is 2.11. The van der Waals surface area contributed by atoms with Gasteiger partial charge in [0.25, 0.3) is 5.91 Å². The van der Waals surface area contributed by atoms with Gasteiger partial charge in [-0.1, -0.05) is 65.9 Å². The largest absolute Gasteiger partial charge is 0.295 e. The number of carbonyl (C=O) groups excluding carboxylic acids is 1. The fraction of sp³-hybridized carbons (Fsp3) is 0. The molecule has 2 aromatic carbocycles. The molecule has 0 bridgehead atoms. The Morgan fingerprint density at radius 2 is 1.67 bits per heavy atom. The Balaban J connectivity index is 1.56. The van der Waals surface area contributed by atoms with Crippen molar-refractivity contribution in [3.8, 4) is 10.6 Å². The zero-order chi connectivity index (χ0) is 16.4. The van der Waals surface area contributed by atoms with Crippen LogP contribution in [-0.4, -0.2) is 21.1 Å². The SMILES string of the molecule is O=C(Nc1nnc(-c2ccccc2)s1)c1ccc2ccccc2n1. The highest BCUT2D eigenvalue weighted by Crippen LogP contribution is 2.26. The Labute approximate surface area is 142 Å². The van der Waals surface area contributed by atoms with E-state index in [4.69, 9.17) is 0 Å². The summed E-state index contributed by atoms with van der Waals surface area (Å²) in [7, 11) is 0. The van der Waals surface area contributed by atoms with Crippen LogP contribution in [0.5, 0.6) is 0 Å². The van der Waals surface area contributed by atoms with E-state index in [1.165, 1.54) is 11.3 Å². The molecule has 4 aromatic rings. The first kappa shape index (κ1) is 14.5. The summed E-state index contributed by atoms with van der Waals surface area (Å²) >= 11 is 1.33. The van der Waals surface area contributed by atoms with Crippen molar-refractivity contribution in [1.29, 1.82) is 0 Å². The molecule has 0 atom stereocenters. The first-order valence-corrected chi connectivity index (χ1v) is 8.17. The van der Waals surface area contributed by atoms with Crippen molar-refractivity contribution >= 4 is 33.3 Å². The van der Waals surface area contributed by atoms with Gasteiger partial charge in [-0.3, -0.25) is 10.1 Å². The van der Waals surface area contributed by atoms with E-state index >= 15 is 0 Å². The van der Waals surface area contributed by atoms with E-state index < -0.39 is 0 Å². The fourth-order valence-corrected chi connectivity index (χ4v) is 3.07. The van der Waals surface area contributed by atoms with Crippen molar-refractivity contribution in [2.24, 2.45) is 0 Å². The van der Waals surface area contributed by atoms with Crippen LogP contribution in [0.2, 0.25) is 0 Å². The predicted octanol–water partition coefficient (Wildman–Crippen LogP) is 4.01. The van der Waals surface area contributed by atoms with Crippen molar-refractivity contribution in [2.45, 2.75) is 0 Å². The maximum atomic E-state index is 12.4. The second-order valence-electron chi connectivity index (χ2n) is 5.12. The number of amides is 1. The van der Waals surface area contributed by atoms with E-state index in [0.717, 1.165) is 21.5 Å². The lowest BCUT2D eigenvalue weighted by atomic mass is 10.2. The molecule has 0 saturated heterocycles. The second-order valence-corrected chi connectivity index (χ2v) is 6.10. The lowest BCUT2D eigenvalue weighted by Gasteiger charge is -2.02. The Hall–Kier alpha value is -3.12. The van der Waals surface area contributed by atoms with Gasteiger partial charge in [0.1, 0.15) is 10.7 Å². The molecule has 0 unspecified atom stereocenters. The molecule has 24 heavy (non-hydrogen) atoms. The van der Waals surface area contributed by atoms with E-state index in [9.17, 15) is 4.79 Å². The summed E-state index contributed by atoms with van der Waals surface area (Å²) < 4.78 is 0. The Morgan fingerprint density at radius 1 is 0.875 bits per heavy atom. The monoisotopic (exact) mass is 332 g/mol. The van der Waals surface area contributed by atoms with Gasteiger partial charge in [-0.05, 0) is 12.1 Å². The molecule has 1 N–H and O–H groups in total. The molecule has 0 fully saturated rings. The molecule has 116 valence electrons. The highest BCUT2D eigenvalue weighted by Gasteiger charge is 2.12. The number of para-hydroxylation sites is 1. The number of hydrogen-bond donors (Lipinski definition) is 1. The van der Waals surface area contributed by atoms with E-state index in [1.807, 2.05) is 60.7 Å². The number of carbonyl (C=O) groups is 1. The number of hydrogen-bond acceptors (Lipinski definition) is 5. The number of aromatic nitrogens is 3. The summed E-state index contributed by atoms with van der Waals surface area (Å²) in [6.45, 7) is 0. The molecule has 4 rings (SSSR count). The van der Waals surface area contributed by atoms with E-state index in [-0.39, 0.29) is 5.91 Å². The molecule has 0 radical (unpaired) electrons. The first-order valence-electron chi connectivity index (χ1n) is 7.36. The van der Waals surface area contributed by atoms with Crippen molar-refractivity contribution in [3.05, 3.63) is 72.4 Å². The number of fused-ring (bicyclic) bond motifs is 1. The lowest BCUT2D eigenvalue weighted by Crippen LogP contribution is -2.13. The fourth-order valence-electron chi connectivity index (χ4n) is 2.32. The first-order chi connectivity index (χ1) is 11.8. The molecule has 0 aliphatic rings. The van der Waals surface area contributed by atoms with Crippen LogP contribution in [-0.2, 0) is 0 Å². The molecule has 1 amide bonds. The molecule has 0 saturated carbocycles. The van der Waals surface area contributed by atoms with Crippen LogP contribution in [0.15, 0.2) is 66.7 Å². The number of rotatable bonds is 3. The molecule has 0 aliphatic carbocycles. The zero-order valence-electron chi connectivity index (χ0n) is 12.5. The predicted molar refractivity (Wildman–Crippen MR) is 95.0 cm³/mol. The maximum absolute atomic E-state index is 12.4. The molecule has 2 heterocycles. The quantitative estimate of drug-likeness (QED) is 0.615. The molecule has 5 nitrogen and oxygen atoms in total. The van der Waals surface area contributed by atoms with Gasteiger partial charge in [-0.15, -0.1) is 10.2 Å². The van der Waals surface area contributed by atoms with E-state index in [2.05, 4.69) is 20.5 Å². The van der Waals surface area contributed by atoms with Gasteiger partial charge >= 0.3 is 0 Å². The number of nitrogens with zero attached hydrogens (tertiary/aromatic N) is 3. The third-order valence-electron chi connectivity index (χ3n) is 3.50. The molecule has 0 aliphatic heterocycles. The molecule has 2 aromatic heterocycles. The Kier molecular flexibility index (Phi) is 3.72. The van der Waals surface area contributed by atoms with Crippen molar-refractivity contribution in [2.75, 3.05) is 5.32 Å². The van der Waals surface area contributed by atoms with Crippen molar-refractivity contribution < 1.29 is 4.79 Å². The smallest absolute Gasteiger partial charge is 0.276 e. The molecular weight excluding hydrogens is 320 g/mol. The normalized spacial score (nSPS) is 10.7. The summed E-state index contributed by atoms with van der Waals surface area (Å²) in [4.78, 5) is 16.7. The maximum Gasteiger partial charge on any atom is 0.276 e. The standard InChI is InChI=1S/C18H12N4OS/c23-16(15-11-10-12-6-4-5-9-14(12)19-15)20-18-22-21-17(24-18)13-7-2-1-3-8-13/h1-11H,(H,20,22,23). The van der Waals surface area contributed by atoms with Gasteiger partial charge in [0, 0.05) is 10.9 Å². The van der Waals surface area contributed by atoms with Crippen LogP contribution in [0.4, 0.5) is 5.13 Å². The lowest BCUT2D eigenvalue weighted by molar-refractivity contribution is 0.102. The van der Waals surface area contributed by atoms with Crippen LogP contribution < -0.4 is 5.32 Å². The van der Waals surface area contributed by atoms with Gasteiger partial charge < -0.3 is 0 Å². The summed E-state index contributed by atoms with van der Waals surface area (Å²) in [5, 5.41) is 13.1. The topological polar surface area (TPSA) is 67.8 Å². The third-order valence-corrected chi connectivity index (χ3v) is 4.39. The summed E-state index contributed by atoms with van der Waals surface area (Å²) in [5.74, 6) is -0.295. The van der Waals surface area contributed by atoms with E-state index in [0.29, 0.717) is 10.8 Å². The minimum Gasteiger partial charge on any atom is -0.295 e. The van der Waals surface area contributed by atoms with Crippen LogP contribution >= 0.6 is 11.3 Å². The van der Waals surface area contributed by atoms with E-state index in [1.54, 1.807) is 6.07 Å². The van der Waals surface area contributed by atoms with Crippen LogP contribution in [0.1, 0.15) is 10.5 Å². The molecule has 0 spiro atoms. The van der Waals surface area contributed by atoms with Gasteiger partial charge in [0.15, 0.2) is 0 Å². The van der Waals surface area contributed by atoms with Gasteiger partial charge in [-0.2, -0.15) is 0 Å². The van der Waals surface area contributed by atoms with Crippen molar-refractivity contribution in [3.63, 3.8) is 0 Å². The minimum atomic E-state index is -0.295. The number of benzene rings is 2. The van der Waals surface area contributed by atoms with Crippen molar-refractivity contribution in [1.82, 2.24) is 15.2 Å².